The molecule has 3 rings (SSSR count). The van der Waals surface area contributed by atoms with E-state index < -0.39 is 6.04 Å². The molecule has 0 aromatic carbocycles. The molecule has 3 heterocycles. The van der Waals surface area contributed by atoms with E-state index in [0.717, 1.165) is 74.7 Å². The monoisotopic (exact) mass is 522 g/mol. The second kappa shape index (κ2) is 15.7. The van der Waals surface area contributed by atoms with Gasteiger partial charge in [0.25, 0.3) is 0 Å². The molecule has 0 aliphatic carbocycles. The first kappa shape index (κ1) is 29.1. The van der Waals surface area contributed by atoms with E-state index in [4.69, 9.17) is 9.72 Å². The lowest BCUT2D eigenvalue weighted by molar-refractivity contribution is -0.118. The van der Waals surface area contributed by atoms with Crippen LogP contribution in [0.25, 0.3) is 0 Å². The Hall–Kier alpha value is -3.46. The van der Waals surface area contributed by atoms with Gasteiger partial charge in [-0.3, -0.25) is 14.7 Å². The fourth-order valence-electron chi connectivity index (χ4n) is 4.45. The highest BCUT2D eigenvalue weighted by Crippen LogP contribution is 2.20. The number of hydrogen-bond acceptors (Lipinski definition) is 8. The Kier molecular flexibility index (Phi) is 12.0. The number of pyridine rings is 2. The average Bonchev–Trinajstić information content (AvgIpc) is 2.93. The normalized spacial score (nSPS) is 14.3. The molecule has 1 atom stereocenters. The molecule has 38 heavy (non-hydrogen) atoms. The van der Waals surface area contributed by atoms with Crippen LogP contribution in [0, 0.1) is 6.92 Å². The van der Waals surface area contributed by atoms with Crippen LogP contribution < -0.4 is 15.4 Å². The van der Waals surface area contributed by atoms with Gasteiger partial charge in [0.1, 0.15) is 18.2 Å². The lowest BCUT2D eigenvalue weighted by Crippen LogP contribution is -2.42. The van der Waals surface area contributed by atoms with E-state index in [1.54, 1.807) is 25.3 Å². The van der Waals surface area contributed by atoms with Crippen LogP contribution in [0.15, 0.2) is 47.8 Å². The van der Waals surface area contributed by atoms with E-state index in [9.17, 15) is 10.0 Å². The van der Waals surface area contributed by atoms with Gasteiger partial charge in [0.2, 0.25) is 0 Å². The first-order chi connectivity index (χ1) is 18.5. The van der Waals surface area contributed by atoms with Gasteiger partial charge in [0.05, 0.1) is 12.2 Å². The smallest absolute Gasteiger partial charge is 0.165 e. The van der Waals surface area contributed by atoms with Gasteiger partial charge < -0.3 is 20.6 Å². The number of fused-ring (bicyclic) bond motifs is 1. The molecule has 2 aromatic heterocycles. The first-order valence-corrected chi connectivity index (χ1v) is 13.6. The van der Waals surface area contributed by atoms with Crippen LogP contribution in [-0.2, 0) is 17.6 Å². The van der Waals surface area contributed by atoms with Crippen molar-refractivity contribution >= 4 is 17.4 Å². The number of carbonyl (C=O) groups excluding carboxylic acids is 1. The molecule has 206 valence electrons. The third-order valence-electron chi connectivity index (χ3n) is 6.65. The number of nitrogens with one attached hydrogen (secondary N) is 2. The number of hydrogen-bond donors (Lipinski definition) is 3. The van der Waals surface area contributed by atoms with Gasteiger partial charge in [-0.2, -0.15) is 0 Å². The minimum atomic E-state index is -0.436. The molecule has 1 aliphatic heterocycles. The van der Waals surface area contributed by atoms with Crippen molar-refractivity contribution in [3.63, 3.8) is 0 Å². The minimum absolute atomic E-state index is 0.00433. The van der Waals surface area contributed by atoms with Crippen molar-refractivity contribution in [1.82, 2.24) is 20.2 Å². The summed E-state index contributed by atoms with van der Waals surface area (Å²) in [6.07, 6.45) is 11.0. The quantitative estimate of drug-likeness (QED) is 0.105. The Bertz CT molecular complexity index is 1070. The largest absolute Gasteiger partial charge is 0.491 e. The van der Waals surface area contributed by atoms with Gasteiger partial charge in [0.15, 0.2) is 11.6 Å². The number of Topliss-reactive ketones (excluding diaryl/α,β-unsaturated/α-hetero) is 1. The number of aryl methyl sites for hydroxylation is 3. The number of amidine groups is 1. The molecule has 0 radical (unpaired) electrons. The molecule has 9 heteroatoms. The van der Waals surface area contributed by atoms with Crippen molar-refractivity contribution in [2.45, 2.75) is 65.3 Å². The summed E-state index contributed by atoms with van der Waals surface area (Å²) in [5.41, 5.74) is 3.39. The molecule has 0 spiro atoms. The zero-order chi connectivity index (χ0) is 27.2. The maximum absolute atomic E-state index is 12.3. The number of allylic oxidation sites excluding steroid dienone is 1. The molecule has 0 bridgehead atoms. The van der Waals surface area contributed by atoms with Crippen molar-refractivity contribution in [2.24, 2.45) is 5.16 Å². The van der Waals surface area contributed by atoms with Crippen molar-refractivity contribution in [2.75, 3.05) is 38.1 Å². The topological polar surface area (TPSA) is 112 Å². The lowest BCUT2D eigenvalue weighted by Gasteiger charge is -2.25. The molecular weight excluding hydrogens is 480 g/mol. The molecule has 2 aromatic rings. The summed E-state index contributed by atoms with van der Waals surface area (Å²) in [6.45, 7) is 9.19. The summed E-state index contributed by atoms with van der Waals surface area (Å²) in [7, 11) is 0. The predicted molar refractivity (Wildman–Crippen MR) is 151 cm³/mol. The van der Waals surface area contributed by atoms with Gasteiger partial charge >= 0.3 is 0 Å². The van der Waals surface area contributed by atoms with E-state index in [1.165, 1.54) is 5.56 Å². The van der Waals surface area contributed by atoms with Gasteiger partial charge in [-0.25, -0.2) is 4.98 Å². The van der Waals surface area contributed by atoms with Crippen molar-refractivity contribution in [3.8, 4) is 5.75 Å². The molecule has 9 nitrogen and oxygen atoms in total. The van der Waals surface area contributed by atoms with Gasteiger partial charge in [-0.05, 0) is 95.7 Å². The summed E-state index contributed by atoms with van der Waals surface area (Å²) < 4.78 is 5.92. The Morgan fingerprint density at radius 2 is 2.13 bits per heavy atom. The standard InChI is InChI=1S/C29H42N6O3/c1-4-8-28(34-37)33-27(23(3)36)15-18-35(19-20-38-26-14-11-22(2)31-21-26)17-6-5-10-25-13-12-24-9-7-16-30-29(24)32-25/h4,8,11-14,21,27,37H,5-7,9-10,15-20H2,1-3H3,(H,30,32)(H,33,34)/b8-4-/t27-/m0/s1. The van der Waals surface area contributed by atoms with Gasteiger partial charge in [-0.1, -0.05) is 17.3 Å². The average molecular weight is 523 g/mol. The Morgan fingerprint density at radius 1 is 1.26 bits per heavy atom. The van der Waals surface area contributed by atoms with Crippen LogP contribution >= 0.6 is 0 Å². The van der Waals surface area contributed by atoms with Crippen LogP contribution in [0.5, 0.6) is 5.75 Å². The van der Waals surface area contributed by atoms with Crippen molar-refractivity contribution in [1.29, 1.82) is 0 Å². The number of oxime groups is 1. The van der Waals surface area contributed by atoms with E-state index >= 15 is 0 Å². The van der Waals surface area contributed by atoms with Gasteiger partial charge in [0, 0.05) is 31.0 Å². The number of ether oxygens (including phenoxy) is 1. The highest BCUT2D eigenvalue weighted by molar-refractivity contribution is 5.96. The summed E-state index contributed by atoms with van der Waals surface area (Å²) in [4.78, 5) is 23.7. The number of carbonyl (C=O) groups is 1. The van der Waals surface area contributed by atoms with E-state index in [0.29, 0.717) is 19.6 Å². The van der Waals surface area contributed by atoms with Crippen LogP contribution in [0.1, 0.15) is 56.5 Å². The Balaban J connectivity index is 1.53. The van der Waals surface area contributed by atoms with Crippen LogP contribution in [0.2, 0.25) is 0 Å². The minimum Gasteiger partial charge on any atom is -0.491 e. The lowest BCUT2D eigenvalue weighted by atomic mass is 10.1. The van der Waals surface area contributed by atoms with Crippen LogP contribution in [0.4, 0.5) is 5.82 Å². The fraction of sp³-hybridized carbons (Fsp3) is 0.517. The molecule has 0 saturated carbocycles. The Labute approximate surface area is 226 Å². The number of rotatable bonds is 15. The number of aromatic nitrogens is 2. The summed E-state index contributed by atoms with van der Waals surface area (Å²) in [5, 5.41) is 18.9. The number of anilines is 1. The summed E-state index contributed by atoms with van der Waals surface area (Å²) >= 11 is 0. The van der Waals surface area contributed by atoms with E-state index in [2.05, 4.69) is 37.8 Å². The SMILES string of the molecule is C/C=C\C(=N\O)N[C@@H](CCN(CCCCc1ccc2c(n1)NCCC2)CCOc1ccc(C)nc1)C(C)=O. The zero-order valence-electron chi connectivity index (χ0n) is 22.9. The second-order valence-electron chi connectivity index (χ2n) is 9.70. The van der Waals surface area contributed by atoms with Crippen molar-refractivity contribution in [3.05, 3.63) is 59.6 Å². The second-order valence-corrected chi connectivity index (χ2v) is 9.70. The summed E-state index contributed by atoms with van der Waals surface area (Å²) in [5.74, 6) is 2.08. The van der Waals surface area contributed by atoms with Gasteiger partial charge in [-0.15, -0.1) is 0 Å². The first-order valence-electron chi connectivity index (χ1n) is 13.6. The predicted octanol–water partition coefficient (Wildman–Crippen LogP) is 4.15. The highest BCUT2D eigenvalue weighted by Gasteiger charge is 2.17. The molecule has 0 fully saturated rings. The summed E-state index contributed by atoms with van der Waals surface area (Å²) in [6, 6.07) is 7.79. The molecule has 0 unspecified atom stereocenters. The van der Waals surface area contributed by atoms with Crippen molar-refractivity contribution < 1.29 is 14.7 Å². The molecular formula is C29H42N6O3. The Morgan fingerprint density at radius 3 is 2.87 bits per heavy atom. The molecule has 1 aliphatic rings. The zero-order valence-corrected chi connectivity index (χ0v) is 22.9. The number of ketones is 1. The van der Waals surface area contributed by atoms with Crippen LogP contribution in [-0.4, -0.2) is 70.5 Å². The third-order valence-corrected chi connectivity index (χ3v) is 6.65. The maximum atomic E-state index is 12.3. The molecule has 0 saturated heterocycles. The number of unbranched alkanes of at least 4 members (excludes halogenated alkanes) is 1. The molecule has 0 amide bonds. The molecule has 3 N–H and O–H groups in total. The van der Waals surface area contributed by atoms with E-state index in [-0.39, 0.29) is 11.6 Å². The van der Waals surface area contributed by atoms with Crippen LogP contribution in [0.3, 0.4) is 0 Å². The number of nitrogens with zero attached hydrogens (tertiary/aromatic N) is 4. The maximum Gasteiger partial charge on any atom is 0.165 e. The highest BCUT2D eigenvalue weighted by atomic mass is 16.5. The van der Waals surface area contributed by atoms with E-state index in [1.807, 2.05) is 26.0 Å². The third kappa shape index (κ3) is 9.78. The fourth-order valence-corrected chi connectivity index (χ4v) is 4.45.